The maximum atomic E-state index is 12.9. The Bertz CT molecular complexity index is 509. The Kier molecular flexibility index (Phi) is 6.07. The molecule has 2 aromatic rings. The van der Waals surface area contributed by atoms with Crippen LogP contribution in [0.4, 0.5) is 10.1 Å². The monoisotopic (exact) mass is 261 g/mol. The number of anilines is 1. The van der Waals surface area contributed by atoms with Crippen LogP contribution in [0.1, 0.15) is 27.8 Å². The number of rotatable bonds is 3. The van der Waals surface area contributed by atoms with Gasteiger partial charge in [0.15, 0.2) is 0 Å². The van der Waals surface area contributed by atoms with Crippen LogP contribution < -0.4 is 5.32 Å². The smallest absolute Gasteiger partial charge is 0.123 e. The molecule has 0 spiro atoms. The summed E-state index contributed by atoms with van der Waals surface area (Å²) in [6, 6.07) is 12.8. The summed E-state index contributed by atoms with van der Waals surface area (Å²) >= 11 is 0. The van der Waals surface area contributed by atoms with Gasteiger partial charge in [0.1, 0.15) is 5.82 Å². The molecule has 0 saturated carbocycles. The lowest BCUT2D eigenvalue weighted by Gasteiger charge is -2.10. The predicted molar refractivity (Wildman–Crippen MR) is 84.2 cm³/mol. The van der Waals surface area contributed by atoms with E-state index in [9.17, 15) is 4.39 Å². The minimum Gasteiger partial charge on any atom is -0.385 e. The Morgan fingerprint density at radius 1 is 1.00 bits per heavy atom. The topological polar surface area (TPSA) is 12.0 Å². The highest BCUT2D eigenvalue weighted by Gasteiger charge is 2.02. The van der Waals surface area contributed by atoms with Crippen LogP contribution in [-0.4, -0.2) is 6.54 Å². The first kappa shape index (κ1) is 15.2. The van der Waals surface area contributed by atoms with Gasteiger partial charge in [-0.15, -0.1) is 0 Å². The van der Waals surface area contributed by atoms with Crippen LogP contribution in [0.2, 0.25) is 0 Å². The predicted octanol–water partition coefficient (Wildman–Crippen LogP) is 5.51. The van der Waals surface area contributed by atoms with Crippen molar-refractivity contribution in [1.82, 2.24) is 0 Å². The van der Waals surface area contributed by atoms with E-state index in [1.165, 1.54) is 17.7 Å². The van der Waals surface area contributed by atoms with Gasteiger partial charge in [0.2, 0.25) is 0 Å². The maximum absolute atomic E-state index is 12.9. The number of benzene rings is 2. The zero-order chi connectivity index (χ0) is 14.3. The molecule has 0 aromatic heterocycles. The highest BCUT2D eigenvalue weighted by atomic mass is 19.1. The molecule has 19 heavy (non-hydrogen) atoms. The molecule has 2 heteroatoms. The van der Waals surface area contributed by atoms with Gasteiger partial charge in [-0.25, -0.2) is 4.39 Å². The van der Waals surface area contributed by atoms with Crippen LogP contribution in [0, 0.1) is 12.7 Å². The molecule has 0 aliphatic carbocycles. The van der Waals surface area contributed by atoms with Gasteiger partial charge in [0.05, 0.1) is 0 Å². The van der Waals surface area contributed by atoms with Crippen molar-refractivity contribution in [2.24, 2.45) is 0 Å². The van der Waals surface area contributed by atoms with Crippen molar-refractivity contribution in [1.29, 1.82) is 0 Å². The Morgan fingerprint density at radius 2 is 1.58 bits per heavy atom. The Balaban J connectivity index is 0.00000115. The lowest BCUT2D eigenvalue weighted by atomic mass is 10.0. The van der Waals surface area contributed by atoms with Crippen molar-refractivity contribution in [3.05, 3.63) is 53.8 Å². The first-order chi connectivity index (χ1) is 9.20. The Morgan fingerprint density at radius 3 is 2.16 bits per heavy atom. The molecule has 2 rings (SSSR count). The quantitative estimate of drug-likeness (QED) is 0.768. The minimum atomic E-state index is -0.201. The molecular formula is C17H24FN. The number of hydrogen-bond acceptors (Lipinski definition) is 1. The molecule has 1 nitrogen and oxygen atoms in total. The fourth-order valence-electron chi connectivity index (χ4n) is 1.82. The molecule has 0 amide bonds. The van der Waals surface area contributed by atoms with Crippen LogP contribution in [0.15, 0.2) is 42.5 Å². The normalized spacial score (nSPS) is 9.53. The molecule has 2 aromatic carbocycles. The second-order valence-corrected chi connectivity index (χ2v) is 4.07. The van der Waals surface area contributed by atoms with Crippen molar-refractivity contribution in [3.8, 4) is 11.1 Å². The van der Waals surface area contributed by atoms with Crippen LogP contribution >= 0.6 is 0 Å². The molecule has 0 fully saturated rings. The molecule has 1 N–H and O–H groups in total. The fraction of sp³-hybridized carbons (Fsp3) is 0.294. The SMILES string of the molecule is CC.CCNc1cc(-c2ccc(F)cc2)ccc1C.[HH]. The first-order valence-electron chi connectivity index (χ1n) is 6.81. The zero-order valence-electron chi connectivity index (χ0n) is 12.1. The second kappa shape index (κ2) is 7.57. The third-order valence-corrected chi connectivity index (χ3v) is 2.78. The van der Waals surface area contributed by atoms with Crippen LogP contribution in [0.5, 0.6) is 0 Å². The molecule has 0 aliphatic heterocycles. The van der Waals surface area contributed by atoms with Crippen molar-refractivity contribution in [3.63, 3.8) is 0 Å². The summed E-state index contributed by atoms with van der Waals surface area (Å²) in [5, 5.41) is 3.32. The Labute approximate surface area is 117 Å². The van der Waals surface area contributed by atoms with Crippen molar-refractivity contribution < 1.29 is 5.82 Å². The second-order valence-electron chi connectivity index (χ2n) is 4.07. The largest absolute Gasteiger partial charge is 0.385 e. The molecule has 0 bridgehead atoms. The minimum absolute atomic E-state index is 0. The van der Waals surface area contributed by atoms with Crippen LogP contribution in [-0.2, 0) is 0 Å². The van der Waals surface area contributed by atoms with Gasteiger partial charge in [0.25, 0.3) is 0 Å². The lowest BCUT2D eigenvalue weighted by Crippen LogP contribution is -1.98. The molecule has 0 atom stereocenters. The van der Waals surface area contributed by atoms with Gasteiger partial charge in [-0.3, -0.25) is 0 Å². The van der Waals surface area contributed by atoms with E-state index in [1.807, 2.05) is 13.8 Å². The van der Waals surface area contributed by atoms with Crippen molar-refractivity contribution in [2.75, 3.05) is 11.9 Å². The van der Waals surface area contributed by atoms with Gasteiger partial charge in [-0.2, -0.15) is 0 Å². The molecule has 0 heterocycles. The Hall–Kier alpha value is -1.83. The van der Waals surface area contributed by atoms with Gasteiger partial charge >= 0.3 is 0 Å². The highest BCUT2D eigenvalue weighted by molar-refractivity contribution is 5.69. The summed E-state index contributed by atoms with van der Waals surface area (Å²) in [4.78, 5) is 0. The van der Waals surface area contributed by atoms with Crippen LogP contribution in [0.3, 0.4) is 0 Å². The van der Waals surface area contributed by atoms with E-state index in [0.29, 0.717) is 0 Å². The van der Waals surface area contributed by atoms with Crippen molar-refractivity contribution in [2.45, 2.75) is 27.7 Å². The van der Waals surface area contributed by atoms with Gasteiger partial charge < -0.3 is 5.32 Å². The first-order valence-corrected chi connectivity index (χ1v) is 6.81. The molecule has 0 unspecified atom stereocenters. The van der Waals surface area contributed by atoms with E-state index in [4.69, 9.17) is 0 Å². The number of hydrogen-bond donors (Lipinski definition) is 1. The van der Waals surface area contributed by atoms with E-state index < -0.39 is 0 Å². The average molecular weight is 261 g/mol. The molecule has 104 valence electrons. The summed E-state index contributed by atoms with van der Waals surface area (Å²) in [5.41, 5.74) is 4.49. The zero-order valence-corrected chi connectivity index (χ0v) is 12.1. The summed E-state index contributed by atoms with van der Waals surface area (Å²) in [5.74, 6) is -0.201. The highest BCUT2D eigenvalue weighted by Crippen LogP contribution is 2.25. The summed E-state index contributed by atoms with van der Waals surface area (Å²) in [6.07, 6.45) is 0. The average Bonchev–Trinajstić information content (AvgIpc) is 2.45. The summed E-state index contributed by atoms with van der Waals surface area (Å²) in [6.45, 7) is 9.05. The van der Waals surface area contributed by atoms with Crippen LogP contribution in [0.25, 0.3) is 11.1 Å². The molecular weight excluding hydrogens is 237 g/mol. The van der Waals surface area contributed by atoms with E-state index >= 15 is 0 Å². The van der Waals surface area contributed by atoms with E-state index in [2.05, 4.69) is 37.4 Å². The number of nitrogens with one attached hydrogen (secondary N) is 1. The third-order valence-electron chi connectivity index (χ3n) is 2.78. The fourth-order valence-corrected chi connectivity index (χ4v) is 1.82. The maximum Gasteiger partial charge on any atom is 0.123 e. The van der Waals surface area contributed by atoms with E-state index in [1.54, 1.807) is 12.1 Å². The van der Waals surface area contributed by atoms with Gasteiger partial charge in [0, 0.05) is 13.7 Å². The molecule has 0 radical (unpaired) electrons. The lowest BCUT2D eigenvalue weighted by molar-refractivity contribution is 0.628. The van der Waals surface area contributed by atoms with E-state index in [-0.39, 0.29) is 7.24 Å². The molecule has 0 saturated heterocycles. The van der Waals surface area contributed by atoms with Crippen molar-refractivity contribution >= 4 is 5.69 Å². The molecule has 0 aliphatic rings. The third kappa shape index (κ3) is 4.09. The van der Waals surface area contributed by atoms with Gasteiger partial charge in [-0.05, 0) is 48.7 Å². The summed E-state index contributed by atoms with van der Waals surface area (Å²) in [7, 11) is 0. The van der Waals surface area contributed by atoms with E-state index in [0.717, 1.165) is 23.4 Å². The summed E-state index contributed by atoms with van der Waals surface area (Å²) < 4.78 is 12.9. The van der Waals surface area contributed by atoms with Gasteiger partial charge in [-0.1, -0.05) is 38.1 Å². The number of halogens is 1. The number of aryl methyl sites for hydroxylation is 1. The standard InChI is InChI=1S/C15H16FN.C2H6.H2/c1-3-17-15-10-13(5-4-11(15)2)12-6-8-14(16)9-7-12;1-2;/h4-10,17H,3H2,1-2H3;1-2H3;1H.